The van der Waals surface area contributed by atoms with E-state index in [9.17, 15) is 4.79 Å². The molecule has 1 fully saturated rings. The highest BCUT2D eigenvalue weighted by Crippen LogP contribution is 2.32. The lowest BCUT2D eigenvalue weighted by atomic mass is 9.80. The molecule has 1 aliphatic carbocycles. The number of Topliss-reactive ketones (excluding diaryl/α,β-unsaturated/α-hetero) is 1. The van der Waals surface area contributed by atoms with Gasteiger partial charge >= 0.3 is 6.16 Å². The number of aromatic nitrogens is 1. The van der Waals surface area contributed by atoms with Crippen molar-refractivity contribution in [1.82, 2.24) is 4.98 Å². The van der Waals surface area contributed by atoms with Crippen LogP contribution in [0.1, 0.15) is 29.6 Å². The molecule has 3 aromatic carbocycles. The van der Waals surface area contributed by atoms with Gasteiger partial charge in [-0.25, -0.2) is 9.78 Å². The van der Waals surface area contributed by atoms with Crippen LogP contribution >= 0.6 is 11.3 Å². The molecular formula is C26H24N2O5S. The van der Waals surface area contributed by atoms with Gasteiger partial charge < -0.3 is 20.3 Å². The van der Waals surface area contributed by atoms with Crippen LogP contribution in [0.3, 0.4) is 0 Å². The van der Waals surface area contributed by atoms with Gasteiger partial charge in [-0.3, -0.25) is 4.79 Å². The number of carbonyl (C=O) groups is 2. The summed E-state index contributed by atoms with van der Waals surface area (Å²) < 4.78 is 6.37. The maximum Gasteiger partial charge on any atom is 0.503 e. The van der Waals surface area contributed by atoms with Crippen LogP contribution < -0.4 is 10.1 Å². The number of nitrogens with one attached hydrogen (secondary N) is 1. The molecule has 8 heteroatoms. The Hall–Kier alpha value is -3.91. The zero-order valence-electron chi connectivity index (χ0n) is 18.5. The van der Waals surface area contributed by atoms with E-state index in [0.29, 0.717) is 5.78 Å². The van der Waals surface area contributed by atoms with Gasteiger partial charge in [-0.05, 0) is 54.3 Å². The second-order valence-electron chi connectivity index (χ2n) is 7.91. The standard InChI is InChI=1S/C25H22N2O2S.CH2O3/c1-29-21-13-14-22-23(15-21)30-25(27-22)26-20-11-9-17(10-12-20)16-5-7-19(8-6-16)24(28)18-3-2-4-18;2-1(3)4/h5-15,18H,2-4H2,1H3,(H,26,27);(H2,2,3,4). The Bertz CT molecular complexity index is 1290. The Morgan fingerprint density at radius 1 is 0.971 bits per heavy atom. The average Bonchev–Trinajstić information content (AvgIpc) is 3.19. The van der Waals surface area contributed by atoms with Gasteiger partial charge in [0.1, 0.15) is 5.75 Å². The van der Waals surface area contributed by atoms with Crippen molar-refractivity contribution in [3.05, 3.63) is 72.3 Å². The van der Waals surface area contributed by atoms with Gasteiger partial charge in [0, 0.05) is 17.2 Å². The van der Waals surface area contributed by atoms with E-state index in [4.69, 9.17) is 19.7 Å². The fourth-order valence-corrected chi connectivity index (χ4v) is 4.60. The summed E-state index contributed by atoms with van der Waals surface area (Å²) in [7, 11) is 1.67. The first-order valence-electron chi connectivity index (χ1n) is 10.8. The maximum absolute atomic E-state index is 12.4. The summed E-state index contributed by atoms with van der Waals surface area (Å²) in [6.45, 7) is 0. The Morgan fingerprint density at radius 3 is 2.15 bits per heavy atom. The first-order chi connectivity index (χ1) is 16.4. The van der Waals surface area contributed by atoms with E-state index in [2.05, 4.69) is 34.6 Å². The molecule has 0 saturated heterocycles. The molecular weight excluding hydrogens is 452 g/mol. The number of ketones is 1. The predicted octanol–water partition coefficient (Wildman–Crippen LogP) is 6.92. The number of fused-ring (bicyclic) bond motifs is 1. The third-order valence-corrected chi connectivity index (χ3v) is 6.64. The Kier molecular flexibility index (Phi) is 7.08. The molecule has 0 spiro atoms. The number of ether oxygens (including phenoxy) is 1. The second-order valence-corrected chi connectivity index (χ2v) is 8.94. The Balaban J connectivity index is 0.000000636. The highest BCUT2D eigenvalue weighted by atomic mass is 32.1. The Morgan fingerprint density at radius 2 is 1.59 bits per heavy atom. The van der Waals surface area contributed by atoms with Crippen molar-refractivity contribution < 1.29 is 24.5 Å². The molecule has 7 nitrogen and oxygen atoms in total. The molecule has 0 amide bonds. The van der Waals surface area contributed by atoms with Crippen molar-refractivity contribution >= 4 is 44.3 Å². The van der Waals surface area contributed by atoms with Gasteiger partial charge in [-0.15, -0.1) is 0 Å². The number of carbonyl (C=O) groups excluding carboxylic acids is 1. The Labute approximate surface area is 200 Å². The van der Waals surface area contributed by atoms with E-state index in [1.807, 2.05) is 42.5 Å². The number of hydrogen-bond acceptors (Lipinski definition) is 6. The monoisotopic (exact) mass is 476 g/mol. The number of rotatable bonds is 6. The van der Waals surface area contributed by atoms with Gasteiger partial charge in [-0.2, -0.15) is 0 Å². The molecule has 1 heterocycles. The van der Waals surface area contributed by atoms with Crippen LogP contribution in [0, 0.1) is 5.92 Å². The highest BCUT2D eigenvalue weighted by molar-refractivity contribution is 7.22. The summed E-state index contributed by atoms with van der Waals surface area (Å²) >= 11 is 1.60. The zero-order chi connectivity index (χ0) is 24.1. The lowest BCUT2D eigenvalue weighted by molar-refractivity contribution is 0.0855. The third-order valence-electron chi connectivity index (χ3n) is 5.71. The highest BCUT2D eigenvalue weighted by Gasteiger charge is 2.25. The fourth-order valence-electron chi connectivity index (χ4n) is 3.69. The van der Waals surface area contributed by atoms with Crippen LogP contribution in [0.2, 0.25) is 0 Å². The minimum atomic E-state index is -1.83. The van der Waals surface area contributed by atoms with Crippen LogP contribution in [-0.2, 0) is 0 Å². The van der Waals surface area contributed by atoms with Crippen molar-refractivity contribution in [3.8, 4) is 16.9 Å². The quantitative estimate of drug-likeness (QED) is 0.259. The number of hydrogen-bond donors (Lipinski definition) is 3. The van der Waals surface area contributed by atoms with Crippen LogP contribution in [0.4, 0.5) is 15.6 Å². The first kappa shape index (κ1) is 23.3. The minimum absolute atomic E-state index is 0.241. The minimum Gasteiger partial charge on any atom is -0.497 e. The van der Waals surface area contributed by atoms with Crippen LogP contribution in [0.25, 0.3) is 21.3 Å². The molecule has 5 rings (SSSR count). The van der Waals surface area contributed by atoms with Crippen LogP contribution in [-0.4, -0.2) is 34.2 Å². The summed E-state index contributed by atoms with van der Waals surface area (Å²) in [6, 6.07) is 22.2. The molecule has 34 heavy (non-hydrogen) atoms. The third kappa shape index (κ3) is 5.52. The summed E-state index contributed by atoms with van der Waals surface area (Å²) in [6.07, 6.45) is 1.43. The predicted molar refractivity (Wildman–Crippen MR) is 134 cm³/mol. The average molecular weight is 477 g/mol. The molecule has 0 unspecified atom stereocenters. The van der Waals surface area contributed by atoms with Gasteiger partial charge in [0.25, 0.3) is 0 Å². The summed E-state index contributed by atoms with van der Waals surface area (Å²) in [4.78, 5) is 25.6. The molecule has 0 bridgehead atoms. The number of anilines is 2. The lowest BCUT2D eigenvalue weighted by Crippen LogP contribution is -2.21. The number of carboxylic acid groups (broad SMARTS) is 2. The van der Waals surface area contributed by atoms with E-state index in [1.165, 1.54) is 6.42 Å². The molecule has 1 aromatic heterocycles. The van der Waals surface area contributed by atoms with Crippen LogP contribution in [0.5, 0.6) is 5.75 Å². The van der Waals surface area contributed by atoms with E-state index < -0.39 is 6.16 Å². The second kappa shape index (κ2) is 10.4. The summed E-state index contributed by atoms with van der Waals surface area (Å²) in [5, 5.41) is 18.2. The zero-order valence-corrected chi connectivity index (χ0v) is 19.3. The maximum atomic E-state index is 12.4. The molecule has 0 aliphatic heterocycles. The molecule has 1 saturated carbocycles. The van der Waals surface area contributed by atoms with Gasteiger partial charge in [0.05, 0.1) is 17.3 Å². The first-order valence-corrected chi connectivity index (χ1v) is 11.6. The molecule has 0 radical (unpaired) electrons. The van der Waals surface area contributed by atoms with Crippen molar-refractivity contribution in [1.29, 1.82) is 0 Å². The number of methoxy groups -OCH3 is 1. The van der Waals surface area contributed by atoms with Crippen LogP contribution in [0.15, 0.2) is 66.7 Å². The van der Waals surface area contributed by atoms with Gasteiger partial charge in [0.2, 0.25) is 0 Å². The van der Waals surface area contributed by atoms with Crippen molar-refractivity contribution in [2.75, 3.05) is 12.4 Å². The van der Waals surface area contributed by atoms with Crippen molar-refractivity contribution in [3.63, 3.8) is 0 Å². The van der Waals surface area contributed by atoms with Gasteiger partial charge in [0.15, 0.2) is 10.9 Å². The molecule has 1 aliphatic rings. The largest absolute Gasteiger partial charge is 0.503 e. The van der Waals surface area contributed by atoms with Crippen molar-refractivity contribution in [2.24, 2.45) is 5.92 Å². The number of thiazole rings is 1. The molecule has 0 atom stereocenters. The lowest BCUT2D eigenvalue weighted by Gasteiger charge is -2.23. The van der Waals surface area contributed by atoms with E-state index in [1.54, 1.807) is 18.4 Å². The van der Waals surface area contributed by atoms with Crippen molar-refractivity contribution in [2.45, 2.75) is 19.3 Å². The molecule has 4 aromatic rings. The molecule has 174 valence electrons. The SMILES string of the molecule is COc1ccc2nc(Nc3ccc(-c4ccc(C(=O)C5CCC5)cc4)cc3)sc2c1.O=C(O)O. The molecule has 3 N–H and O–H groups in total. The normalized spacial score (nSPS) is 12.9. The topological polar surface area (TPSA) is 109 Å². The summed E-state index contributed by atoms with van der Waals surface area (Å²) in [5.41, 5.74) is 5.00. The fraction of sp³-hybridized carbons (Fsp3) is 0.192. The van der Waals surface area contributed by atoms with E-state index >= 15 is 0 Å². The number of benzene rings is 3. The number of nitrogens with zero attached hydrogens (tertiary/aromatic N) is 1. The van der Waals surface area contributed by atoms with E-state index in [0.717, 1.165) is 56.3 Å². The summed E-state index contributed by atoms with van der Waals surface area (Å²) in [5.74, 6) is 1.37. The van der Waals surface area contributed by atoms with Gasteiger partial charge in [-0.1, -0.05) is 54.2 Å². The smallest absolute Gasteiger partial charge is 0.497 e. The van der Waals surface area contributed by atoms with E-state index in [-0.39, 0.29) is 5.92 Å².